The van der Waals surface area contributed by atoms with Crippen LogP contribution in [0.2, 0.25) is 0 Å². The van der Waals surface area contributed by atoms with E-state index in [0.29, 0.717) is 6.61 Å². The Balaban J connectivity index is 1.49. The summed E-state index contributed by atoms with van der Waals surface area (Å²) >= 11 is 0. The maximum atomic E-state index is 11.9. The van der Waals surface area contributed by atoms with Gasteiger partial charge >= 0.3 is 17.9 Å². The zero-order chi connectivity index (χ0) is 27.4. The van der Waals surface area contributed by atoms with Crippen molar-refractivity contribution in [1.82, 2.24) is 0 Å². The number of hydrogen-bond donors (Lipinski definition) is 0. The molecule has 0 aliphatic carbocycles. The molecule has 210 valence electrons. The van der Waals surface area contributed by atoms with Gasteiger partial charge in [0.15, 0.2) is 36.7 Å². The fourth-order valence-corrected chi connectivity index (χ4v) is 4.70. The maximum Gasteiger partial charge on any atom is 0.303 e. The lowest BCUT2D eigenvalue weighted by Gasteiger charge is -2.43. The molecule has 12 heteroatoms. The van der Waals surface area contributed by atoms with Crippen molar-refractivity contribution in [3.63, 3.8) is 0 Å². The van der Waals surface area contributed by atoms with Crippen LogP contribution in [0.4, 0.5) is 0 Å². The summed E-state index contributed by atoms with van der Waals surface area (Å²) in [5.41, 5.74) is 0.975. The first kappa shape index (κ1) is 28.4. The van der Waals surface area contributed by atoms with E-state index in [-0.39, 0.29) is 13.2 Å². The van der Waals surface area contributed by atoms with Gasteiger partial charge in [-0.05, 0) is 19.4 Å². The fourth-order valence-electron chi connectivity index (χ4n) is 4.70. The zero-order valence-electron chi connectivity index (χ0n) is 22.0. The molecule has 3 heterocycles. The number of esters is 3. The molecule has 0 aromatic heterocycles. The van der Waals surface area contributed by atoms with Gasteiger partial charge in [-0.15, -0.1) is 0 Å². The number of carbonyl (C=O) groups is 3. The molecule has 0 amide bonds. The molecular weight excluding hydrogens is 504 g/mol. The topological polar surface area (TPSA) is 134 Å². The van der Waals surface area contributed by atoms with E-state index in [2.05, 4.69) is 0 Å². The highest BCUT2D eigenvalue weighted by molar-refractivity contribution is 5.68. The average Bonchev–Trinajstić information content (AvgIpc) is 3.17. The Morgan fingerprint density at radius 3 is 2.03 bits per heavy atom. The van der Waals surface area contributed by atoms with E-state index in [1.165, 1.54) is 20.8 Å². The largest absolute Gasteiger partial charge is 0.456 e. The van der Waals surface area contributed by atoms with Crippen molar-refractivity contribution in [3.05, 3.63) is 35.9 Å². The molecule has 1 aromatic rings. The van der Waals surface area contributed by atoms with Gasteiger partial charge < -0.3 is 42.6 Å². The summed E-state index contributed by atoms with van der Waals surface area (Å²) in [5.74, 6) is -2.87. The molecule has 0 N–H and O–H groups in total. The van der Waals surface area contributed by atoms with Crippen molar-refractivity contribution in [2.45, 2.75) is 96.2 Å². The third-order valence-corrected chi connectivity index (χ3v) is 6.09. The van der Waals surface area contributed by atoms with Crippen molar-refractivity contribution in [2.75, 3.05) is 13.2 Å². The van der Waals surface area contributed by atoms with Crippen molar-refractivity contribution in [2.24, 2.45) is 0 Å². The minimum absolute atomic E-state index is 0.0539. The highest BCUT2D eigenvalue weighted by Gasteiger charge is 2.55. The molecule has 0 saturated carbocycles. The molecule has 1 aromatic carbocycles. The number of carbonyl (C=O) groups excluding carboxylic acids is 3. The molecule has 3 fully saturated rings. The van der Waals surface area contributed by atoms with Crippen LogP contribution in [0, 0.1) is 0 Å². The van der Waals surface area contributed by atoms with Crippen molar-refractivity contribution in [1.29, 1.82) is 0 Å². The lowest BCUT2D eigenvalue weighted by Crippen LogP contribution is -2.61. The summed E-state index contributed by atoms with van der Waals surface area (Å²) < 4.78 is 52.3. The predicted molar refractivity (Wildman–Crippen MR) is 126 cm³/mol. The Hall–Kier alpha value is -2.61. The lowest BCUT2D eigenvalue weighted by molar-refractivity contribution is -0.320. The molecule has 4 rings (SSSR count). The molecule has 3 aliphatic heterocycles. The summed E-state index contributed by atoms with van der Waals surface area (Å²) in [4.78, 5) is 35.4. The SMILES string of the molecule is CC(=O)O[C@@H]1[C@@H](OC(C)=O)[C@H](O[C@@H]2CO[C@@H](OCc3ccccc3)[C@@H]3OC(C)(C)O[C@H]32)OC[C@@H]1OC(C)=O. The number of hydrogen-bond acceptors (Lipinski definition) is 12. The Labute approximate surface area is 220 Å². The van der Waals surface area contributed by atoms with Crippen LogP contribution in [-0.2, 0) is 63.6 Å². The van der Waals surface area contributed by atoms with Gasteiger partial charge in [0.1, 0.15) is 18.3 Å². The van der Waals surface area contributed by atoms with E-state index in [1.807, 2.05) is 30.3 Å². The molecule has 38 heavy (non-hydrogen) atoms. The van der Waals surface area contributed by atoms with Crippen LogP contribution in [0.5, 0.6) is 0 Å². The molecule has 0 unspecified atom stereocenters. The highest BCUT2D eigenvalue weighted by atomic mass is 16.8. The zero-order valence-corrected chi connectivity index (χ0v) is 22.0. The smallest absolute Gasteiger partial charge is 0.303 e. The van der Waals surface area contributed by atoms with Crippen molar-refractivity contribution >= 4 is 17.9 Å². The molecule has 0 spiro atoms. The van der Waals surface area contributed by atoms with E-state index < -0.39 is 72.9 Å². The molecule has 8 atom stereocenters. The van der Waals surface area contributed by atoms with Crippen LogP contribution >= 0.6 is 0 Å². The number of ether oxygens (including phenoxy) is 9. The minimum atomic E-state index is -1.23. The van der Waals surface area contributed by atoms with Crippen molar-refractivity contribution in [3.8, 4) is 0 Å². The van der Waals surface area contributed by atoms with E-state index in [9.17, 15) is 14.4 Å². The van der Waals surface area contributed by atoms with Crippen LogP contribution in [0.25, 0.3) is 0 Å². The predicted octanol–water partition coefficient (Wildman–Crippen LogP) is 1.62. The van der Waals surface area contributed by atoms with Gasteiger partial charge in [0.05, 0.1) is 19.8 Å². The number of fused-ring (bicyclic) bond motifs is 1. The van der Waals surface area contributed by atoms with Crippen LogP contribution in [-0.4, -0.2) is 86.1 Å². The van der Waals surface area contributed by atoms with Gasteiger partial charge in [-0.3, -0.25) is 14.4 Å². The molecule has 3 saturated heterocycles. The first-order chi connectivity index (χ1) is 18.0. The summed E-state index contributed by atoms with van der Waals surface area (Å²) in [6.45, 7) is 7.36. The average molecular weight is 539 g/mol. The van der Waals surface area contributed by atoms with Crippen LogP contribution in [0.3, 0.4) is 0 Å². The minimum Gasteiger partial charge on any atom is -0.456 e. The lowest BCUT2D eigenvalue weighted by atomic mass is 10.0. The number of rotatable bonds is 8. The van der Waals surface area contributed by atoms with E-state index in [1.54, 1.807) is 13.8 Å². The summed E-state index contributed by atoms with van der Waals surface area (Å²) in [6, 6.07) is 9.65. The third-order valence-electron chi connectivity index (χ3n) is 6.09. The Kier molecular flexibility index (Phi) is 9.01. The monoisotopic (exact) mass is 538 g/mol. The summed E-state index contributed by atoms with van der Waals surface area (Å²) in [7, 11) is 0. The first-order valence-electron chi connectivity index (χ1n) is 12.4. The van der Waals surface area contributed by atoms with Gasteiger partial charge in [-0.1, -0.05) is 30.3 Å². The second-order valence-corrected chi connectivity index (χ2v) is 9.74. The van der Waals surface area contributed by atoms with Gasteiger partial charge in [-0.25, -0.2) is 0 Å². The van der Waals surface area contributed by atoms with Gasteiger partial charge in [0.25, 0.3) is 0 Å². The molecule has 0 radical (unpaired) electrons. The van der Waals surface area contributed by atoms with Crippen LogP contribution in [0.15, 0.2) is 30.3 Å². The van der Waals surface area contributed by atoms with Crippen molar-refractivity contribution < 1.29 is 57.0 Å². The maximum absolute atomic E-state index is 11.9. The normalized spacial score (nSPS) is 34.1. The second-order valence-electron chi connectivity index (χ2n) is 9.74. The highest BCUT2D eigenvalue weighted by Crippen LogP contribution is 2.38. The van der Waals surface area contributed by atoms with Gasteiger partial charge in [0.2, 0.25) is 0 Å². The van der Waals surface area contributed by atoms with Gasteiger partial charge in [-0.2, -0.15) is 0 Å². The Morgan fingerprint density at radius 2 is 1.37 bits per heavy atom. The second kappa shape index (κ2) is 12.1. The Bertz CT molecular complexity index is 982. The quantitative estimate of drug-likeness (QED) is 0.352. The van der Waals surface area contributed by atoms with E-state index in [4.69, 9.17) is 42.6 Å². The first-order valence-corrected chi connectivity index (χ1v) is 12.4. The summed E-state index contributed by atoms with van der Waals surface area (Å²) in [6.07, 6.45) is -7.24. The third kappa shape index (κ3) is 7.07. The van der Waals surface area contributed by atoms with E-state index >= 15 is 0 Å². The standard InChI is InChI=1S/C26H34O12/c1-14(27)33-18-12-32-25(22(35-16(3)29)20(18)34-15(2)28)36-19-13-31-24(23-21(19)37-26(4,5)38-23)30-11-17-9-7-6-8-10-17/h6-10,18-25H,11-13H2,1-5H3/t18-,19+,20-,21-,22+,23+,24+,25-/m0/s1. The molecule has 0 bridgehead atoms. The van der Waals surface area contributed by atoms with Gasteiger partial charge in [0, 0.05) is 20.8 Å². The van der Waals surface area contributed by atoms with E-state index in [0.717, 1.165) is 5.56 Å². The number of benzene rings is 1. The van der Waals surface area contributed by atoms with Crippen LogP contribution < -0.4 is 0 Å². The van der Waals surface area contributed by atoms with Crippen LogP contribution in [0.1, 0.15) is 40.2 Å². The molecule has 12 nitrogen and oxygen atoms in total. The summed E-state index contributed by atoms with van der Waals surface area (Å²) in [5, 5.41) is 0. The fraction of sp³-hybridized carbons (Fsp3) is 0.654. The molecular formula is C26H34O12. The Morgan fingerprint density at radius 1 is 0.789 bits per heavy atom. The molecule has 3 aliphatic rings.